The standard InChI is InChI=1S/C30H30N4O4/c35-29(36)27-15-7-13-25(31-27)21-33(19-23-9-3-1-4-10-23)17-18-34(20-24-11-5-2-6-12-24)22-26-14-8-16-28(32-26)30(37)38/h1-16H,17-22H2,(H,35,36)(H,37,38). The van der Waals surface area contributed by atoms with Crippen LogP contribution in [0.3, 0.4) is 0 Å². The summed E-state index contributed by atoms with van der Waals surface area (Å²) in [6.07, 6.45) is 0. The van der Waals surface area contributed by atoms with Crippen LogP contribution in [-0.4, -0.2) is 55.0 Å². The Morgan fingerprint density at radius 2 is 0.921 bits per heavy atom. The Labute approximate surface area is 221 Å². The van der Waals surface area contributed by atoms with Crippen LogP contribution in [0, 0.1) is 0 Å². The van der Waals surface area contributed by atoms with Crippen molar-refractivity contribution < 1.29 is 19.8 Å². The van der Waals surface area contributed by atoms with Gasteiger partial charge in [-0.1, -0.05) is 72.8 Å². The van der Waals surface area contributed by atoms with Crippen molar-refractivity contribution in [3.63, 3.8) is 0 Å². The van der Waals surface area contributed by atoms with Crippen molar-refractivity contribution in [2.75, 3.05) is 13.1 Å². The Morgan fingerprint density at radius 3 is 1.29 bits per heavy atom. The van der Waals surface area contributed by atoms with Crippen LogP contribution in [0.25, 0.3) is 0 Å². The van der Waals surface area contributed by atoms with E-state index in [4.69, 9.17) is 0 Å². The topological polar surface area (TPSA) is 107 Å². The highest BCUT2D eigenvalue weighted by atomic mass is 16.4. The summed E-state index contributed by atoms with van der Waals surface area (Å²) in [6, 6.07) is 30.3. The van der Waals surface area contributed by atoms with Crippen molar-refractivity contribution >= 4 is 11.9 Å². The van der Waals surface area contributed by atoms with Gasteiger partial charge in [-0.15, -0.1) is 0 Å². The second-order valence-corrected chi connectivity index (χ2v) is 9.03. The Hall–Kier alpha value is -4.40. The van der Waals surface area contributed by atoms with E-state index < -0.39 is 11.9 Å². The molecule has 2 heterocycles. The molecule has 0 aliphatic rings. The first-order valence-corrected chi connectivity index (χ1v) is 12.4. The average molecular weight is 511 g/mol. The van der Waals surface area contributed by atoms with E-state index in [9.17, 15) is 19.8 Å². The Bertz CT molecular complexity index is 1240. The number of hydrogen-bond acceptors (Lipinski definition) is 6. The molecule has 0 saturated carbocycles. The van der Waals surface area contributed by atoms with Gasteiger partial charge in [-0.05, 0) is 35.4 Å². The lowest BCUT2D eigenvalue weighted by atomic mass is 10.2. The highest BCUT2D eigenvalue weighted by molar-refractivity contribution is 5.85. The molecule has 8 nitrogen and oxygen atoms in total. The third kappa shape index (κ3) is 8.06. The first-order chi connectivity index (χ1) is 18.5. The molecule has 0 aliphatic carbocycles. The summed E-state index contributed by atoms with van der Waals surface area (Å²) in [7, 11) is 0. The molecule has 0 saturated heterocycles. The molecule has 0 amide bonds. The molecule has 0 unspecified atom stereocenters. The summed E-state index contributed by atoms with van der Waals surface area (Å²) in [5, 5.41) is 18.7. The lowest BCUT2D eigenvalue weighted by molar-refractivity contribution is 0.0679. The van der Waals surface area contributed by atoms with Gasteiger partial charge in [0.15, 0.2) is 0 Å². The third-order valence-electron chi connectivity index (χ3n) is 6.05. The van der Waals surface area contributed by atoms with Crippen LogP contribution >= 0.6 is 0 Å². The van der Waals surface area contributed by atoms with E-state index in [1.165, 1.54) is 12.1 Å². The van der Waals surface area contributed by atoms with E-state index in [2.05, 4.69) is 44.0 Å². The maximum Gasteiger partial charge on any atom is 0.354 e. The Balaban J connectivity index is 1.54. The predicted molar refractivity (Wildman–Crippen MR) is 144 cm³/mol. The van der Waals surface area contributed by atoms with Gasteiger partial charge in [-0.3, -0.25) is 9.80 Å². The zero-order chi connectivity index (χ0) is 26.7. The molecular formula is C30H30N4O4. The van der Waals surface area contributed by atoms with E-state index >= 15 is 0 Å². The van der Waals surface area contributed by atoms with Crippen molar-refractivity contribution in [2.45, 2.75) is 26.2 Å². The number of benzene rings is 2. The van der Waals surface area contributed by atoms with Crippen LogP contribution in [0.5, 0.6) is 0 Å². The third-order valence-corrected chi connectivity index (χ3v) is 6.05. The number of pyridine rings is 2. The predicted octanol–water partition coefficient (Wildman–Crippen LogP) is 4.58. The van der Waals surface area contributed by atoms with Crippen LogP contribution in [-0.2, 0) is 26.2 Å². The lowest BCUT2D eigenvalue weighted by Crippen LogP contribution is -2.34. The minimum Gasteiger partial charge on any atom is -0.477 e. The Kier molecular flexibility index (Phi) is 9.28. The summed E-state index contributed by atoms with van der Waals surface area (Å²) in [5.74, 6) is -2.10. The van der Waals surface area contributed by atoms with Crippen LogP contribution in [0.1, 0.15) is 43.5 Å². The van der Waals surface area contributed by atoms with Crippen molar-refractivity contribution in [2.24, 2.45) is 0 Å². The number of carboxylic acid groups (broad SMARTS) is 2. The summed E-state index contributed by atoms with van der Waals surface area (Å²) in [6.45, 7) is 3.68. The van der Waals surface area contributed by atoms with Crippen molar-refractivity contribution in [1.29, 1.82) is 0 Å². The van der Waals surface area contributed by atoms with Crippen LogP contribution < -0.4 is 0 Å². The quantitative estimate of drug-likeness (QED) is 0.269. The minimum absolute atomic E-state index is 0.0252. The van der Waals surface area contributed by atoms with Gasteiger partial charge in [0.05, 0.1) is 11.4 Å². The van der Waals surface area contributed by atoms with Crippen LogP contribution in [0.2, 0.25) is 0 Å². The molecule has 0 spiro atoms. The maximum absolute atomic E-state index is 11.4. The lowest BCUT2D eigenvalue weighted by Gasteiger charge is -2.28. The van der Waals surface area contributed by atoms with Gasteiger partial charge in [0, 0.05) is 39.3 Å². The molecule has 0 fully saturated rings. The molecule has 4 rings (SSSR count). The summed E-state index contributed by atoms with van der Waals surface area (Å²) >= 11 is 0. The van der Waals surface area contributed by atoms with E-state index in [1.54, 1.807) is 12.1 Å². The fourth-order valence-corrected chi connectivity index (χ4v) is 4.23. The fraction of sp³-hybridized carbons (Fsp3) is 0.200. The van der Waals surface area contributed by atoms with Gasteiger partial charge in [0.1, 0.15) is 11.4 Å². The Morgan fingerprint density at radius 1 is 0.526 bits per heavy atom. The van der Waals surface area contributed by atoms with E-state index in [0.29, 0.717) is 50.7 Å². The molecule has 4 aromatic rings. The number of hydrogen-bond donors (Lipinski definition) is 2. The second kappa shape index (κ2) is 13.2. The molecule has 2 N–H and O–H groups in total. The van der Waals surface area contributed by atoms with Gasteiger partial charge in [-0.25, -0.2) is 19.6 Å². The highest BCUT2D eigenvalue weighted by Gasteiger charge is 2.15. The summed E-state index contributed by atoms with van der Waals surface area (Å²) < 4.78 is 0. The molecule has 194 valence electrons. The smallest absolute Gasteiger partial charge is 0.354 e. The molecule has 2 aromatic heterocycles. The number of carboxylic acids is 2. The molecule has 0 aliphatic heterocycles. The summed E-state index contributed by atoms with van der Waals surface area (Å²) in [4.78, 5) is 36.0. The molecule has 38 heavy (non-hydrogen) atoms. The fourth-order valence-electron chi connectivity index (χ4n) is 4.23. The van der Waals surface area contributed by atoms with Gasteiger partial charge < -0.3 is 10.2 Å². The maximum atomic E-state index is 11.4. The largest absolute Gasteiger partial charge is 0.477 e. The van der Waals surface area contributed by atoms with Crippen molar-refractivity contribution in [3.05, 3.63) is 131 Å². The number of aromatic nitrogens is 2. The van der Waals surface area contributed by atoms with E-state index in [-0.39, 0.29) is 11.4 Å². The van der Waals surface area contributed by atoms with Crippen LogP contribution in [0.15, 0.2) is 97.1 Å². The first kappa shape index (κ1) is 26.7. The van der Waals surface area contributed by atoms with Gasteiger partial charge in [0.2, 0.25) is 0 Å². The van der Waals surface area contributed by atoms with Gasteiger partial charge in [-0.2, -0.15) is 0 Å². The number of rotatable bonds is 13. The monoisotopic (exact) mass is 510 g/mol. The van der Waals surface area contributed by atoms with Gasteiger partial charge in [0.25, 0.3) is 0 Å². The molecular weight excluding hydrogens is 480 g/mol. The molecule has 0 radical (unpaired) electrons. The van der Waals surface area contributed by atoms with Crippen molar-refractivity contribution in [1.82, 2.24) is 19.8 Å². The van der Waals surface area contributed by atoms with Crippen LogP contribution in [0.4, 0.5) is 0 Å². The zero-order valence-electron chi connectivity index (χ0n) is 21.0. The first-order valence-electron chi connectivity index (χ1n) is 12.4. The zero-order valence-corrected chi connectivity index (χ0v) is 21.0. The number of nitrogens with zero attached hydrogens (tertiary/aromatic N) is 4. The molecule has 8 heteroatoms. The van der Waals surface area contributed by atoms with Crippen molar-refractivity contribution in [3.8, 4) is 0 Å². The SMILES string of the molecule is O=C(O)c1cccc(CN(CCN(Cc2ccccc2)Cc2cccc(C(=O)O)n2)Cc2ccccc2)n1. The van der Waals surface area contributed by atoms with Gasteiger partial charge >= 0.3 is 11.9 Å². The second-order valence-electron chi connectivity index (χ2n) is 9.03. The molecule has 0 bridgehead atoms. The normalized spacial score (nSPS) is 11.1. The van der Waals surface area contributed by atoms with E-state index in [1.807, 2.05) is 48.5 Å². The number of aromatic carboxylic acids is 2. The number of carbonyl (C=O) groups is 2. The molecule has 2 aromatic carbocycles. The minimum atomic E-state index is -1.05. The molecule has 0 atom stereocenters. The average Bonchev–Trinajstić information content (AvgIpc) is 2.93. The van der Waals surface area contributed by atoms with E-state index in [0.717, 1.165) is 11.1 Å². The highest BCUT2D eigenvalue weighted by Crippen LogP contribution is 2.13. The summed E-state index contributed by atoms with van der Waals surface area (Å²) in [5.41, 5.74) is 3.71.